The molecule has 0 radical (unpaired) electrons. The van der Waals surface area contributed by atoms with Gasteiger partial charge in [0, 0.05) is 6.04 Å². The van der Waals surface area contributed by atoms with Crippen LogP contribution in [0.3, 0.4) is 0 Å². The van der Waals surface area contributed by atoms with Gasteiger partial charge in [-0.25, -0.2) is 8.42 Å². The van der Waals surface area contributed by atoms with Crippen LogP contribution in [0.25, 0.3) is 0 Å². The maximum Gasteiger partial charge on any atom is 0.167 e. The van der Waals surface area contributed by atoms with Crippen molar-refractivity contribution in [2.24, 2.45) is 0 Å². The third kappa shape index (κ3) is 2.43. The Bertz CT molecular complexity index is 619. The van der Waals surface area contributed by atoms with E-state index in [0.29, 0.717) is 23.5 Å². The van der Waals surface area contributed by atoms with E-state index in [1.165, 1.54) is 0 Å². The Balaban J connectivity index is 2.26. The fraction of sp³-hybridized carbons (Fsp3) is 0.545. The van der Waals surface area contributed by atoms with Gasteiger partial charge in [0.05, 0.1) is 17.2 Å². The number of rotatable bonds is 2. The van der Waals surface area contributed by atoms with Crippen LogP contribution in [-0.2, 0) is 9.84 Å². The van der Waals surface area contributed by atoms with Gasteiger partial charge in [0.1, 0.15) is 11.6 Å². The molecule has 1 aromatic heterocycles. The summed E-state index contributed by atoms with van der Waals surface area (Å²) < 4.78 is 22.7. The van der Waals surface area contributed by atoms with Crippen LogP contribution in [0.1, 0.15) is 23.2 Å². The van der Waals surface area contributed by atoms with E-state index in [9.17, 15) is 8.42 Å². The van der Waals surface area contributed by atoms with Crippen molar-refractivity contribution in [3.8, 4) is 6.07 Å². The largest absolute Gasteiger partial charge is 0.364 e. The molecule has 2 heterocycles. The number of aromatic nitrogens is 2. The van der Waals surface area contributed by atoms with Crippen LogP contribution in [0, 0.1) is 25.2 Å². The van der Waals surface area contributed by atoms with Crippen LogP contribution in [0.4, 0.5) is 5.82 Å². The van der Waals surface area contributed by atoms with Gasteiger partial charge < -0.3 is 5.32 Å². The predicted octanol–water partition coefficient (Wildman–Crippen LogP) is 0.564. The second-order valence-corrected chi connectivity index (χ2v) is 6.72. The number of anilines is 1. The van der Waals surface area contributed by atoms with Crippen molar-refractivity contribution in [2.45, 2.75) is 26.3 Å². The number of aryl methyl sites for hydroxylation is 1. The van der Waals surface area contributed by atoms with E-state index < -0.39 is 9.84 Å². The maximum absolute atomic E-state index is 11.4. The molecule has 1 atom stereocenters. The Hall–Kier alpha value is -1.68. The highest BCUT2D eigenvalue weighted by Gasteiger charge is 2.28. The molecular weight excluding hydrogens is 252 g/mol. The molecule has 0 spiro atoms. The second-order valence-electron chi connectivity index (χ2n) is 4.49. The summed E-state index contributed by atoms with van der Waals surface area (Å²) in [5.41, 5.74) is 1.92. The van der Waals surface area contributed by atoms with E-state index in [0.717, 1.165) is 5.56 Å². The molecule has 0 aromatic carbocycles. The summed E-state index contributed by atoms with van der Waals surface area (Å²) >= 11 is 0. The molecule has 0 aliphatic carbocycles. The van der Waals surface area contributed by atoms with E-state index in [4.69, 9.17) is 5.26 Å². The first-order valence-electron chi connectivity index (χ1n) is 5.64. The number of nitrogens with one attached hydrogen (secondary N) is 1. The summed E-state index contributed by atoms with van der Waals surface area (Å²) in [6, 6.07) is 1.90. The van der Waals surface area contributed by atoms with Gasteiger partial charge in [-0.1, -0.05) is 0 Å². The highest BCUT2D eigenvalue weighted by Crippen LogP contribution is 2.21. The molecule has 18 heavy (non-hydrogen) atoms. The second kappa shape index (κ2) is 4.53. The third-order valence-corrected chi connectivity index (χ3v) is 4.91. The van der Waals surface area contributed by atoms with Crippen molar-refractivity contribution >= 4 is 15.7 Å². The molecule has 6 nitrogen and oxygen atoms in total. The molecule has 0 amide bonds. The summed E-state index contributed by atoms with van der Waals surface area (Å²) in [6.07, 6.45) is 0.543. The van der Waals surface area contributed by atoms with Gasteiger partial charge in [0.25, 0.3) is 0 Å². The van der Waals surface area contributed by atoms with Gasteiger partial charge in [-0.2, -0.15) is 10.4 Å². The van der Waals surface area contributed by atoms with Crippen molar-refractivity contribution in [1.82, 2.24) is 10.2 Å². The molecule has 1 aromatic rings. The predicted molar refractivity (Wildman–Crippen MR) is 66.9 cm³/mol. The van der Waals surface area contributed by atoms with Crippen LogP contribution in [0.15, 0.2) is 0 Å². The van der Waals surface area contributed by atoms with Crippen molar-refractivity contribution in [1.29, 1.82) is 5.26 Å². The summed E-state index contributed by atoms with van der Waals surface area (Å²) in [7, 11) is -2.95. The minimum atomic E-state index is -2.95. The zero-order chi connectivity index (χ0) is 13.3. The first kappa shape index (κ1) is 12.8. The minimum absolute atomic E-state index is 0.0898. The normalized spacial score (nSPS) is 21.5. The molecule has 1 aliphatic rings. The van der Waals surface area contributed by atoms with Crippen LogP contribution in [0.2, 0.25) is 0 Å². The smallest absolute Gasteiger partial charge is 0.167 e. The monoisotopic (exact) mass is 266 g/mol. The number of nitriles is 1. The van der Waals surface area contributed by atoms with Gasteiger partial charge in [0.15, 0.2) is 15.7 Å². The SMILES string of the molecule is Cc1nnc(N[C@H]2CCS(=O)(=O)C2)c(C#N)c1C. The lowest BCUT2D eigenvalue weighted by Crippen LogP contribution is -2.22. The molecule has 1 N–H and O–H groups in total. The first-order chi connectivity index (χ1) is 8.43. The van der Waals surface area contributed by atoms with E-state index >= 15 is 0 Å². The maximum atomic E-state index is 11.4. The molecule has 0 saturated carbocycles. The molecule has 0 bridgehead atoms. The Morgan fingerprint density at radius 3 is 2.67 bits per heavy atom. The summed E-state index contributed by atoms with van der Waals surface area (Å²) in [5, 5.41) is 20.0. The van der Waals surface area contributed by atoms with E-state index in [1.54, 1.807) is 13.8 Å². The van der Waals surface area contributed by atoms with Crippen molar-refractivity contribution in [3.05, 3.63) is 16.8 Å². The number of sulfone groups is 1. The molecule has 2 rings (SSSR count). The number of nitrogens with zero attached hydrogens (tertiary/aromatic N) is 3. The quantitative estimate of drug-likeness (QED) is 0.840. The van der Waals surface area contributed by atoms with Crippen molar-refractivity contribution in [2.75, 3.05) is 16.8 Å². The van der Waals surface area contributed by atoms with Gasteiger partial charge >= 0.3 is 0 Å². The first-order valence-corrected chi connectivity index (χ1v) is 7.46. The van der Waals surface area contributed by atoms with Gasteiger partial charge in [-0.3, -0.25) is 0 Å². The summed E-state index contributed by atoms with van der Waals surface area (Å²) in [5.74, 6) is 0.653. The standard InChI is InChI=1S/C11H14N4O2S/c1-7-8(2)14-15-11(10(7)5-12)13-9-3-4-18(16,17)6-9/h9H,3-4,6H2,1-2H3,(H,13,15)/t9-/m0/s1. The van der Waals surface area contributed by atoms with Gasteiger partial charge in [-0.05, 0) is 25.8 Å². The van der Waals surface area contributed by atoms with Crippen molar-refractivity contribution < 1.29 is 8.42 Å². The third-order valence-electron chi connectivity index (χ3n) is 3.14. The molecule has 1 fully saturated rings. The summed E-state index contributed by atoms with van der Waals surface area (Å²) in [6.45, 7) is 3.59. The van der Waals surface area contributed by atoms with Gasteiger partial charge in [-0.15, -0.1) is 5.10 Å². The molecule has 0 unspecified atom stereocenters. The molecular formula is C11H14N4O2S. The van der Waals surface area contributed by atoms with E-state index in [-0.39, 0.29) is 17.5 Å². The molecule has 1 aliphatic heterocycles. The Morgan fingerprint density at radius 1 is 1.39 bits per heavy atom. The lowest BCUT2D eigenvalue weighted by atomic mass is 10.1. The Morgan fingerprint density at radius 2 is 2.11 bits per heavy atom. The van der Waals surface area contributed by atoms with Crippen LogP contribution >= 0.6 is 0 Å². The zero-order valence-corrected chi connectivity index (χ0v) is 11.1. The highest BCUT2D eigenvalue weighted by molar-refractivity contribution is 7.91. The lowest BCUT2D eigenvalue weighted by molar-refractivity contribution is 0.602. The highest BCUT2D eigenvalue weighted by atomic mass is 32.2. The Labute approximate surface area is 106 Å². The fourth-order valence-electron chi connectivity index (χ4n) is 1.95. The summed E-state index contributed by atoms with van der Waals surface area (Å²) in [4.78, 5) is 0. The average molecular weight is 266 g/mol. The van der Waals surface area contributed by atoms with Gasteiger partial charge in [0.2, 0.25) is 0 Å². The van der Waals surface area contributed by atoms with Crippen LogP contribution in [-0.4, -0.2) is 36.2 Å². The van der Waals surface area contributed by atoms with Crippen LogP contribution < -0.4 is 5.32 Å². The van der Waals surface area contributed by atoms with Crippen LogP contribution in [0.5, 0.6) is 0 Å². The minimum Gasteiger partial charge on any atom is -0.364 e. The number of hydrogen-bond donors (Lipinski definition) is 1. The average Bonchev–Trinajstić information content (AvgIpc) is 2.64. The lowest BCUT2D eigenvalue weighted by Gasteiger charge is -2.13. The molecule has 96 valence electrons. The number of hydrogen-bond acceptors (Lipinski definition) is 6. The zero-order valence-electron chi connectivity index (χ0n) is 10.3. The van der Waals surface area contributed by atoms with E-state index in [1.807, 2.05) is 0 Å². The van der Waals surface area contributed by atoms with E-state index in [2.05, 4.69) is 21.6 Å². The fourth-order valence-corrected chi connectivity index (χ4v) is 3.62. The molecule has 1 saturated heterocycles. The Kier molecular flexibility index (Phi) is 3.22. The molecule has 7 heteroatoms. The van der Waals surface area contributed by atoms with Crippen molar-refractivity contribution in [3.63, 3.8) is 0 Å². The topological polar surface area (TPSA) is 95.7 Å².